The topological polar surface area (TPSA) is 9.23 Å². The van der Waals surface area contributed by atoms with E-state index in [9.17, 15) is 0 Å². The first kappa shape index (κ1) is 14.8. The average molecular weight is 275 g/mol. The van der Waals surface area contributed by atoms with Crippen molar-refractivity contribution in [2.75, 3.05) is 18.9 Å². The Bertz CT molecular complexity index is 309. The molecule has 1 atom stereocenters. The van der Waals surface area contributed by atoms with Gasteiger partial charge in [-0.3, -0.25) is 0 Å². The van der Waals surface area contributed by atoms with Crippen molar-refractivity contribution in [2.45, 2.75) is 25.9 Å². The van der Waals surface area contributed by atoms with Crippen LogP contribution in [-0.4, -0.2) is 25.0 Å². The van der Waals surface area contributed by atoms with Gasteiger partial charge in [0.15, 0.2) is 0 Å². The first-order valence-electron chi connectivity index (χ1n) is 5.84. The quantitative estimate of drug-likeness (QED) is 0.680. The molecular formula is C14H20Cl2O. The Hall–Kier alpha value is -0.240. The number of hydrogen-bond donors (Lipinski definition) is 0. The van der Waals surface area contributed by atoms with Crippen LogP contribution >= 0.6 is 23.2 Å². The lowest BCUT2D eigenvalue weighted by molar-refractivity contribution is 0.0774. The van der Waals surface area contributed by atoms with Crippen molar-refractivity contribution in [1.29, 1.82) is 0 Å². The van der Waals surface area contributed by atoms with E-state index in [4.69, 9.17) is 27.9 Å². The van der Waals surface area contributed by atoms with Crippen molar-refractivity contribution in [2.24, 2.45) is 5.41 Å². The van der Waals surface area contributed by atoms with Gasteiger partial charge < -0.3 is 4.74 Å². The van der Waals surface area contributed by atoms with Crippen LogP contribution in [-0.2, 0) is 11.2 Å². The van der Waals surface area contributed by atoms with Crippen LogP contribution in [0.5, 0.6) is 0 Å². The maximum atomic E-state index is 6.14. The van der Waals surface area contributed by atoms with Crippen LogP contribution in [0.4, 0.5) is 0 Å². The van der Waals surface area contributed by atoms with Gasteiger partial charge in [0.25, 0.3) is 0 Å². The number of methoxy groups -OCH3 is 1. The van der Waals surface area contributed by atoms with E-state index in [1.165, 1.54) is 5.56 Å². The van der Waals surface area contributed by atoms with Crippen LogP contribution < -0.4 is 0 Å². The van der Waals surface area contributed by atoms with Gasteiger partial charge in [-0.05, 0) is 25.3 Å². The zero-order valence-corrected chi connectivity index (χ0v) is 12.0. The molecule has 0 fully saturated rings. The van der Waals surface area contributed by atoms with Gasteiger partial charge in [-0.1, -0.05) is 30.3 Å². The van der Waals surface area contributed by atoms with Crippen LogP contribution in [0.25, 0.3) is 0 Å². The molecule has 0 N–H and O–H groups in total. The van der Waals surface area contributed by atoms with Crippen LogP contribution in [0.3, 0.4) is 0 Å². The third-order valence-corrected chi connectivity index (χ3v) is 4.25. The van der Waals surface area contributed by atoms with Crippen LogP contribution in [0.1, 0.15) is 18.9 Å². The molecule has 1 unspecified atom stereocenters. The highest BCUT2D eigenvalue weighted by Gasteiger charge is 2.30. The van der Waals surface area contributed by atoms with Crippen LogP contribution in [0.15, 0.2) is 30.3 Å². The highest BCUT2D eigenvalue weighted by Crippen LogP contribution is 2.32. The van der Waals surface area contributed by atoms with E-state index in [1.54, 1.807) is 7.11 Å². The van der Waals surface area contributed by atoms with Crippen molar-refractivity contribution in [3.63, 3.8) is 0 Å². The predicted octanol–water partition coefficient (Wildman–Crippen LogP) is 4.12. The summed E-state index contributed by atoms with van der Waals surface area (Å²) in [6.45, 7) is 2.05. The molecule has 0 amide bonds. The summed E-state index contributed by atoms with van der Waals surface area (Å²) in [4.78, 5) is 0. The minimum Gasteiger partial charge on any atom is -0.382 e. The molecule has 0 heterocycles. The highest BCUT2D eigenvalue weighted by molar-refractivity contribution is 6.21. The van der Waals surface area contributed by atoms with E-state index in [1.807, 2.05) is 18.2 Å². The Morgan fingerprint density at radius 3 is 2.24 bits per heavy atom. The fraction of sp³-hybridized carbons (Fsp3) is 0.571. The fourth-order valence-corrected chi connectivity index (χ4v) is 2.73. The molecular weight excluding hydrogens is 255 g/mol. The highest BCUT2D eigenvalue weighted by atomic mass is 35.5. The van der Waals surface area contributed by atoms with Gasteiger partial charge >= 0.3 is 0 Å². The SMILES string of the molecule is COC(C)CC(CCl)(CCl)Cc1ccccc1. The van der Waals surface area contributed by atoms with E-state index in [2.05, 4.69) is 19.1 Å². The average Bonchev–Trinajstić information content (AvgIpc) is 2.39. The van der Waals surface area contributed by atoms with Crippen molar-refractivity contribution >= 4 is 23.2 Å². The zero-order valence-electron chi connectivity index (χ0n) is 10.5. The normalized spacial score (nSPS) is 13.6. The first-order chi connectivity index (χ1) is 8.15. The van der Waals surface area contributed by atoms with Gasteiger partial charge in [0, 0.05) is 24.3 Å². The summed E-state index contributed by atoms with van der Waals surface area (Å²) in [6.07, 6.45) is 1.95. The molecule has 1 aromatic rings. The summed E-state index contributed by atoms with van der Waals surface area (Å²) >= 11 is 12.3. The van der Waals surface area contributed by atoms with Crippen LogP contribution in [0, 0.1) is 5.41 Å². The molecule has 0 saturated carbocycles. The van der Waals surface area contributed by atoms with Crippen molar-refractivity contribution in [3.05, 3.63) is 35.9 Å². The van der Waals surface area contributed by atoms with Crippen molar-refractivity contribution in [3.8, 4) is 0 Å². The molecule has 17 heavy (non-hydrogen) atoms. The molecule has 0 radical (unpaired) electrons. The summed E-state index contributed by atoms with van der Waals surface area (Å²) < 4.78 is 5.33. The Morgan fingerprint density at radius 1 is 1.18 bits per heavy atom. The van der Waals surface area contributed by atoms with Crippen molar-refractivity contribution in [1.82, 2.24) is 0 Å². The summed E-state index contributed by atoms with van der Waals surface area (Å²) in [7, 11) is 1.72. The summed E-state index contributed by atoms with van der Waals surface area (Å²) in [5.41, 5.74) is 1.19. The van der Waals surface area contributed by atoms with Gasteiger partial charge in [-0.15, -0.1) is 23.2 Å². The second-order valence-corrected chi connectivity index (χ2v) is 5.21. The molecule has 96 valence electrons. The Morgan fingerprint density at radius 2 is 1.76 bits per heavy atom. The number of alkyl halides is 2. The molecule has 1 rings (SSSR count). The molecule has 0 aliphatic heterocycles. The monoisotopic (exact) mass is 274 g/mol. The van der Waals surface area contributed by atoms with E-state index in [-0.39, 0.29) is 11.5 Å². The third kappa shape index (κ3) is 4.50. The molecule has 0 spiro atoms. The van der Waals surface area contributed by atoms with Gasteiger partial charge in [-0.2, -0.15) is 0 Å². The Balaban J connectivity index is 2.77. The second kappa shape index (κ2) is 7.25. The fourth-order valence-electron chi connectivity index (χ4n) is 2.03. The smallest absolute Gasteiger partial charge is 0.0549 e. The van der Waals surface area contributed by atoms with Gasteiger partial charge in [0.2, 0.25) is 0 Å². The minimum atomic E-state index is -0.0834. The molecule has 0 saturated heterocycles. The van der Waals surface area contributed by atoms with Gasteiger partial charge in [-0.25, -0.2) is 0 Å². The largest absolute Gasteiger partial charge is 0.382 e. The molecule has 0 aliphatic rings. The molecule has 1 aromatic carbocycles. The minimum absolute atomic E-state index is 0.0834. The number of rotatable bonds is 7. The van der Waals surface area contributed by atoms with E-state index in [0.29, 0.717) is 11.8 Å². The van der Waals surface area contributed by atoms with Crippen molar-refractivity contribution < 1.29 is 4.74 Å². The summed E-state index contributed by atoms with van der Waals surface area (Å²) in [5.74, 6) is 1.11. The van der Waals surface area contributed by atoms with E-state index in [0.717, 1.165) is 12.8 Å². The molecule has 0 bridgehead atoms. The molecule has 3 heteroatoms. The lowest BCUT2D eigenvalue weighted by Crippen LogP contribution is -2.32. The summed E-state index contributed by atoms with van der Waals surface area (Å²) in [6, 6.07) is 10.3. The number of halogens is 2. The van der Waals surface area contributed by atoms with Crippen LogP contribution in [0.2, 0.25) is 0 Å². The maximum absolute atomic E-state index is 6.14. The lowest BCUT2D eigenvalue weighted by Gasteiger charge is -2.32. The van der Waals surface area contributed by atoms with Gasteiger partial charge in [0.05, 0.1) is 6.10 Å². The number of benzene rings is 1. The molecule has 1 nitrogen and oxygen atoms in total. The first-order valence-corrected chi connectivity index (χ1v) is 6.91. The Kier molecular flexibility index (Phi) is 6.32. The third-order valence-electron chi connectivity index (χ3n) is 3.11. The Labute approximate surface area is 114 Å². The van der Waals surface area contributed by atoms with Gasteiger partial charge in [0.1, 0.15) is 0 Å². The van der Waals surface area contributed by atoms with E-state index >= 15 is 0 Å². The predicted molar refractivity (Wildman–Crippen MR) is 75.1 cm³/mol. The number of hydrogen-bond acceptors (Lipinski definition) is 1. The van der Waals surface area contributed by atoms with E-state index < -0.39 is 0 Å². The molecule has 0 aromatic heterocycles. The zero-order chi connectivity index (χ0) is 12.7. The standard InChI is InChI=1S/C14H20Cl2O/c1-12(17-2)8-14(10-15,11-16)9-13-6-4-3-5-7-13/h3-7,12H,8-11H2,1-2H3. The lowest BCUT2D eigenvalue weighted by atomic mass is 9.80. The maximum Gasteiger partial charge on any atom is 0.0549 e. The number of ether oxygens (including phenoxy) is 1. The summed E-state index contributed by atoms with van der Waals surface area (Å²) in [5, 5.41) is 0. The molecule has 0 aliphatic carbocycles. The second-order valence-electron chi connectivity index (χ2n) is 4.68.